The molecule has 3 heterocycles. The maximum Gasteiger partial charge on any atom is 1.00 e. The number of fused-ring (bicyclic) bond motifs is 3. The second-order valence-electron chi connectivity index (χ2n) is 14.7. The minimum Gasteiger partial charge on any atom is -0.748 e. The Morgan fingerprint density at radius 2 is 1.60 bits per heavy atom. The van der Waals surface area contributed by atoms with Crippen molar-refractivity contribution in [3.8, 4) is 0 Å². The molecular weight excluding hydrogens is 719 g/mol. The van der Waals surface area contributed by atoms with Gasteiger partial charge in [0.1, 0.15) is 12.2 Å². The molecule has 6 rings (SSSR count). The molecule has 1 saturated heterocycles. The Morgan fingerprint density at radius 3 is 2.30 bits per heavy atom. The van der Waals surface area contributed by atoms with Crippen LogP contribution in [0.2, 0.25) is 0 Å². The number of benzene rings is 2. The van der Waals surface area contributed by atoms with Gasteiger partial charge in [-0.05, 0) is 57.2 Å². The summed E-state index contributed by atoms with van der Waals surface area (Å²) < 4.78 is 73.9. The second kappa shape index (κ2) is 14.9. The van der Waals surface area contributed by atoms with Gasteiger partial charge < -0.3 is 9.11 Å². The summed E-state index contributed by atoms with van der Waals surface area (Å²) in [6.07, 6.45) is 13.8. The molecule has 0 N–H and O–H groups in total. The molecule has 1 aliphatic carbocycles. The first-order chi connectivity index (χ1) is 23.0. The van der Waals surface area contributed by atoms with Crippen molar-refractivity contribution in [1.29, 1.82) is 0 Å². The Balaban J connectivity index is 0.00000486. The van der Waals surface area contributed by atoms with E-state index in [4.69, 9.17) is 11.6 Å². The molecule has 4 aliphatic rings. The van der Waals surface area contributed by atoms with Gasteiger partial charge in [-0.2, -0.15) is 16.2 Å². The third-order valence-electron chi connectivity index (χ3n) is 10.9. The molecule has 0 saturated carbocycles. The molecule has 0 bridgehead atoms. The first-order valence-electron chi connectivity index (χ1n) is 17.0. The van der Waals surface area contributed by atoms with Gasteiger partial charge in [0.2, 0.25) is 5.69 Å². The fourth-order valence-corrected chi connectivity index (χ4v) is 10.7. The van der Waals surface area contributed by atoms with Gasteiger partial charge in [0.25, 0.3) is 0 Å². The number of nitrogens with zero attached hydrogens (tertiary/aromatic N) is 2. The Labute approximate surface area is 345 Å². The van der Waals surface area contributed by atoms with Crippen LogP contribution < -0.4 is 55.9 Å². The van der Waals surface area contributed by atoms with Crippen LogP contribution in [0, 0.1) is 6.08 Å². The van der Waals surface area contributed by atoms with Gasteiger partial charge in [-0.1, -0.05) is 55.3 Å². The van der Waals surface area contributed by atoms with Gasteiger partial charge in [-0.25, -0.2) is 22.9 Å². The Kier molecular flexibility index (Phi) is 11.9. The zero-order valence-corrected chi connectivity index (χ0v) is 35.0. The molecule has 1 spiro atoms. The Hall–Kier alpha value is -1.22. The number of para-hydroxylation sites is 2. The molecule has 0 radical (unpaired) electrons. The first-order valence-corrected chi connectivity index (χ1v) is 20.4. The maximum atomic E-state index is 12.7. The molecule has 12 heteroatoms. The van der Waals surface area contributed by atoms with Crippen LogP contribution in [-0.4, -0.2) is 60.4 Å². The minimum atomic E-state index is -4.60. The standard InChI is InChI=1S/C38H45ClN2O6S2.K/c1-37(2)29-15-5-7-17-31(29)40(24-9-10-26-48(42,43)44)33(37)22-20-27-13-11-14-28(36(27)39)21-23-34-38(3,4)30-16-6-8-18-32(30)41(34)25-12-19-35(41)49(45,46)47;/h5-8,15-18,20-22,35H,9-14,19,24-26H2,1-4H3,(H-,42,43,44,45,46,47);/q;+1/p-1/b22-20+,28-21+;. The fraction of sp³-hybridized carbons (Fsp3) is 0.447. The number of hydrogen-bond acceptors (Lipinski definition) is 6. The number of rotatable bonds is 9. The smallest absolute Gasteiger partial charge is 0.748 e. The van der Waals surface area contributed by atoms with Crippen LogP contribution in [-0.2, 0) is 31.1 Å². The molecule has 262 valence electrons. The average molecular weight is 763 g/mol. The van der Waals surface area contributed by atoms with E-state index in [1.807, 2.05) is 42.5 Å². The van der Waals surface area contributed by atoms with Crippen molar-refractivity contribution in [3.63, 3.8) is 0 Å². The predicted octanol–water partition coefficient (Wildman–Crippen LogP) is 4.20. The van der Waals surface area contributed by atoms with E-state index in [0.29, 0.717) is 43.8 Å². The Bertz CT molecular complexity index is 2060. The van der Waals surface area contributed by atoms with Crippen LogP contribution in [0.1, 0.15) is 83.8 Å². The number of halogens is 1. The predicted molar refractivity (Wildman–Crippen MR) is 193 cm³/mol. The molecule has 2 aromatic carbocycles. The summed E-state index contributed by atoms with van der Waals surface area (Å²) in [7, 11) is -8.86. The van der Waals surface area contributed by atoms with Crippen LogP contribution in [0.3, 0.4) is 0 Å². The van der Waals surface area contributed by atoms with Crippen molar-refractivity contribution in [2.75, 3.05) is 18.8 Å². The zero-order valence-electron chi connectivity index (χ0n) is 29.5. The molecule has 50 heavy (non-hydrogen) atoms. The summed E-state index contributed by atoms with van der Waals surface area (Å²) in [6.45, 7) is 9.59. The third kappa shape index (κ3) is 7.31. The van der Waals surface area contributed by atoms with Gasteiger partial charge in [0.15, 0.2) is 21.2 Å². The quantitative estimate of drug-likeness (QED) is 0.0945. The van der Waals surface area contributed by atoms with Crippen molar-refractivity contribution in [1.82, 2.24) is 4.48 Å². The van der Waals surface area contributed by atoms with Crippen LogP contribution in [0.4, 0.5) is 11.4 Å². The summed E-state index contributed by atoms with van der Waals surface area (Å²) in [5, 5.41) is -0.457. The van der Waals surface area contributed by atoms with Gasteiger partial charge >= 0.3 is 51.4 Å². The zero-order chi connectivity index (χ0) is 35.4. The van der Waals surface area contributed by atoms with E-state index in [1.54, 1.807) is 0 Å². The first kappa shape index (κ1) is 40.0. The van der Waals surface area contributed by atoms with Gasteiger partial charge in [-0.15, -0.1) is 11.6 Å². The van der Waals surface area contributed by atoms with Crippen molar-refractivity contribution >= 4 is 48.9 Å². The van der Waals surface area contributed by atoms with Crippen LogP contribution in [0.5, 0.6) is 0 Å². The van der Waals surface area contributed by atoms with E-state index in [1.165, 1.54) is 5.56 Å². The Morgan fingerprint density at radius 1 is 0.920 bits per heavy atom. The van der Waals surface area contributed by atoms with Crippen molar-refractivity contribution in [2.24, 2.45) is 0 Å². The topological polar surface area (TPSA) is 117 Å². The second-order valence-corrected chi connectivity index (χ2v) is 18.1. The van der Waals surface area contributed by atoms with E-state index in [2.05, 4.69) is 62.6 Å². The van der Waals surface area contributed by atoms with Crippen LogP contribution in [0.25, 0.3) is 0 Å². The van der Waals surface area contributed by atoms with E-state index >= 15 is 0 Å². The molecule has 8 nitrogen and oxygen atoms in total. The fourth-order valence-electron chi connectivity index (χ4n) is 8.62. The van der Waals surface area contributed by atoms with Crippen LogP contribution in [0.15, 0.2) is 88.6 Å². The number of unbranched alkanes of at least 4 members (excludes halogenated alkanes) is 1. The molecule has 2 unspecified atom stereocenters. The molecule has 3 aliphatic heterocycles. The molecule has 0 aromatic heterocycles. The molecule has 2 atom stereocenters. The number of allylic oxidation sites excluding steroid dienone is 8. The van der Waals surface area contributed by atoms with Gasteiger partial charge in [-0.3, -0.25) is 4.48 Å². The average Bonchev–Trinajstić information content (AvgIpc) is 3.63. The normalized spacial score (nSPS) is 25.9. The number of hydrogen-bond donors (Lipinski definition) is 0. The van der Waals surface area contributed by atoms with Gasteiger partial charge in [0, 0.05) is 54.0 Å². The van der Waals surface area contributed by atoms with Crippen molar-refractivity contribution in [3.05, 3.63) is 106 Å². The molecular formula is C38H44ClKN2O6S2. The summed E-state index contributed by atoms with van der Waals surface area (Å²) in [5.74, 6) is -0.377. The number of quaternary nitrogens is 1. The largest absolute Gasteiger partial charge is 1.00 e. The van der Waals surface area contributed by atoms with E-state index in [-0.39, 0.29) is 67.0 Å². The molecule has 0 amide bonds. The van der Waals surface area contributed by atoms with E-state index < -0.39 is 31.0 Å². The minimum absolute atomic E-state index is 0. The van der Waals surface area contributed by atoms with Crippen LogP contribution >= 0.6 is 11.6 Å². The summed E-state index contributed by atoms with van der Waals surface area (Å²) in [6, 6.07) is 16.0. The SMILES string of the molecule is CC1(C)C(/C=C/C2=C(Cl)C(=C/[C-]=C3C(C)(C)c4ccccc4[N+]34CCCC4S(=O)(=O)[O-])/CCC2)=[N+](CCCCS(=O)(=O)[O-])c2ccccc21.[K+]. The third-order valence-corrected chi connectivity index (χ3v) is 13.4. The summed E-state index contributed by atoms with van der Waals surface area (Å²) in [5.41, 5.74) is 7.00. The summed E-state index contributed by atoms with van der Waals surface area (Å²) >= 11 is 7.12. The van der Waals surface area contributed by atoms with Crippen molar-refractivity contribution in [2.45, 2.75) is 88.8 Å². The van der Waals surface area contributed by atoms with E-state index in [9.17, 15) is 25.9 Å². The maximum absolute atomic E-state index is 12.7. The molecule has 2 aromatic rings. The molecule has 1 fully saturated rings. The summed E-state index contributed by atoms with van der Waals surface area (Å²) in [4.78, 5) is 0. The monoisotopic (exact) mass is 762 g/mol. The van der Waals surface area contributed by atoms with Gasteiger partial charge in [0.05, 0.1) is 27.5 Å². The van der Waals surface area contributed by atoms with E-state index in [0.717, 1.165) is 58.8 Å². The van der Waals surface area contributed by atoms with Crippen molar-refractivity contribution < 1.29 is 81.9 Å².